The minimum Gasteiger partial charge on any atom is -0.484 e. The van der Waals surface area contributed by atoms with Gasteiger partial charge in [-0.2, -0.15) is 0 Å². The van der Waals surface area contributed by atoms with Crippen molar-refractivity contribution in [3.05, 3.63) is 64.8 Å². The van der Waals surface area contributed by atoms with Gasteiger partial charge in [0.1, 0.15) is 11.9 Å². The van der Waals surface area contributed by atoms with Crippen LogP contribution in [0.5, 0.6) is 5.75 Å². The number of ether oxygens (including phenoxy) is 1. The summed E-state index contributed by atoms with van der Waals surface area (Å²) < 4.78 is 9.00. The number of Topliss-reactive ketones (excluding diaryl/α,β-unsaturated/α-hetero) is 1. The predicted molar refractivity (Wildman–Crippen MR) is 144 cm³/mol. The molecule has 7 nitrogen and oxygen atoms in total. The first kappa shape index (κ1) is 24.5. The molecular weight excluding hydrogens is 488 g/mol. The van der Waals surface area contributed by atoms with Gasteiger partial charge >= 0.3 is 0 Å². The minimum atomic E-state index is -0.402. The molecule has 1 amide bonds. The van der Waals surface area contributed by atoms with E-state index in [1.54, 1.807) is 4.90 Å². The van der Waals surface area contributed by atoms with E-state index in [2.05, 4.69) is 22.0 Å². The number of piperidine rings is 1. The molecule has 2 aromatic carbocycles. The number of piperazine rings is 1. The average molecular weight is 521 g/mol. The standard InChI is InChI=1S/C29H33ClN4O3/c1-32-14-15-33(18-26(32)35)24-16-25(37-21-8-6-20(30)7-9-21)28-27(29(24)36)22-4-2-3-5-23(22)34(28)17-19-10-12-31-13-11-19/h2-9,19,24-25,31H,10-18H2,1H3/t24?,25-/m1/s1. The molecule has 2 atom stereocenters. The molecule has 1 aromatic heterocycles. The minimum absolute atomic E-state index is 0.0494. The lowest BCUT2D eigenvalue weighted by Gasteiger charge is -2.40. The van der Waals surface area contributed by atoms with Crippen molar-refractivity contribution < 1.29 is 14.3 Å². The lowest BCUT2D eigenvalue weighted by molar-refractivity contribution is -0.135. The number of rotatable bonds is 5. The van der Waals surface area contributed by atoms with Crippen molar-refractivity contribution in [1.29, 1.82) is 0 Å². The van der Waals surface area contributed by atoms with Crippen molar-refractivity contribution in [2.24, 2.45) is 5.92 Å². The Morgan fingerprint density at radius 3 is 2.54 bits per heavy atom. The summed E-state index contributed by atoms with van der Waals surface area (Å²) in [7, 11) is 1.82. The van der Waals surface area contributed by atoms with E-state index < -0.39 is 6.04 Å². The number of para-hydroxylation sites is 1. The van der Waals surface area contributed by atoms with E-state index in [1.165, 1.54) is 0 Å². The second-order valence-electron chi connectivity index (χ2n) is 10.5. The fourth-order valence-electron chi connectivity index (χ4n) is 6.16. The third-order valence-electron chi connectivity index (χ3n) is 8.22. The van der Waals surface area contributed by atoms with Crippen LogP contribution in [-0.4, -0.2) is 71.9 Å². The van der Waals surface area contributed by atoms with Gasteiger partial charge in [-0.15, -0.1) is 0 Å². The smallest absolute Gasteiger partial charge is 0.236 e. The Morgan fingerprint density at radius 2 is 1.78 bits per heavy atom. The first-order valence-electron chi connectivity index (χ1n) is 13.3. The SMILES string of the molecule is CN1CCN(C2C[C@@H](Oc3ccc(Cl)cc3)c3c(c4ccccc4n3CC3CCNCC3)C2=O)CC1=O. The summed E-state index contributed by atoms with van der Waals surface area (Å²) >= 11 is 6.14. The quantitative estimate of drug-likeness (QED) is 0.547. The summed E-state index contributed by atoms with van der Waals surface area (Å²) in [6, 6.07) is 15.2. The van der Waals surface area contributed by atoms with Gasteiger partial charge in [-0.05, 0) is 62.2 Å². The zero-order valence-electron chi connectivity index (χ0n) is 21.2. The van der Waals surface area contributed by atoms with Crippen LogP contribution in [0.3, 0.4) is 0 Å². The summed E-state index contributed by atoms with van der Waals surface area (Å²) in [5, 5.41) is 5.09. The van der Waals surface area contributed by atoms with E-state index >= 15 is 0 Å². The van der Waals surface area contributed by atoms with Crippen LogP contribution in [0, 0.1) is 5.92 Å². The molecule has 2 fully saturated rings. The highest BCUT2D eigenvalue weighted by Crippen LogP contribution is 2.42. The maximum absolute atomic E-state index is 14.2. The van der Waals surface area contributed by atoms with Gasteiger partial charge in [-0.3, -0.25) is 14.5 Å². The molecule has 0 saturated carbocycles. The third-order valence-corrected chi connectivity index (χ3v) is 8.47. The number of hydrogen-bond acceptors (Lipinski definition) is 5. The third kappa shape index (κ3) is 4.65. The number of fused-ring (bicyclic) bond motifs is 3. The van der Waals surface area contributed by atoms with Crippen LogP contribution in [0.25, 0.3) is 10.9 Å². The Kier molecular flexibility index (Phi) is 6.69. The lowest BCUT2D eigenvalue weighted by Crippen LogP contribution is -2.55. The molecule has 194 valence electrons. The van der Waals surface area contributed by atoms with Crippen LogP contribution < -0.4 is 10.1 Å². The Balaban J connectivity index is 1.45. The van der Waals surface area contributed by atoms with E-state index in [0.29, 0.717) is 30.5 Å². The summed E-state index contributed by atoms with van der Waals surface area (Å²) in [4.78, 5) is 30.5. The highest BCUT2D eigenvalue weighted by atomic mass is 35.5. The summed E-state index contributed by atoms with van der Waals surface area (Å²) in [5.74, 6) is 1.42. The number of nitrogens with one attached hydrogen (secondary N) is 1. The van der Waals surface area contributed by atoms with Crippen molar-refractivity contribution in [1.82, 2.24) is 19.7 Å². The first-order chi connectivity index (χ1) is 18.0. The number of aromatic nitrogens is 1. The van der Waals surface area contributed by atoms with Gasteiger partial charge in [0.05, 0.1) is 23.8 Å². The summed E-state index contributed by atoms with van der Waals surface area (Å²) in [5.41, 5.74) is 2.81. The molecule has 0 bridgehead atoms. The van der Waals surface area contributed by atoms with Crippen LogP contribution in [-0.2, 0) is 11.3 Å². The molecule has 0 radical (unpaired) electrons. The van der Waals surface area contributed by atoms with E-state index in [9.17, 15) is 9.59 Å². The fraction of sp³-hybridized carbons (Fsp3) is 0.448. The Labute approximate surface area is 222 Å². The molecular formula is C29H33ClN4O3. The van der Waals surface area contributed by atoms with E-state index in [4.69, 9.17) is 16.3 Å². The molecule has 37 heavy (non-hydrogen) atoms. The molecule has 3 aliphatic rings. The van der Waals surface area contributed by atoms with Crippen molar-refractivity contribution in [2.75, 3.05) is 39.8 Å². The molecule has 3 aromatic rings. The first-order valence-corrected chi connectivity index (χ1v) is 13.6. The molecule has 0 spiro atoms. The van der Waals surface area contributed by atoms with E-state index in [0.717, 1.165) is 60.4 Å². The number of nitrogens with zero attached hydrogens (tertiary/aromatic N) is 3. The molecule has 1 aliphatic carbocycles. The highest BCUT2D eigenvalue weighted by Gasteiger charge is 2.43. The van der Waals surface area contributed by atoms with E-state index in [-0.39, 0.29) is 24.3 Å². The number of likely N-dealkylation sites (N-methyl/N-ethyl adjacent to an activating group) is 1. The zero-order valence-corrected chi connectivity index (χ0v) is 21.9. The monoisotopic (exact) mass is 520 g/mol. The molecule has 6 rings (SSSR count). The second-order valence-corrected chi connectivity index (χ2v) is 11.0. The van der Waals surface area contributed by atoms with Crippen LogP contribution in [0.2, 0.25) is 5.02 Å². The maximum atomic E-state index is 14.2. The number of amides is 1. The molecule has 3 heterocycles. The Morgan fingerprint density at radius 1 is 1.03 bits per heavy atom. The van der Waals surface area contributed by atoms with Gasteiger partial charge in [-0.1, -0.05) is 29.8 Å². The predicted octanol–water partition coefficient (Wildman–Crippen LogP) is 4.14. The number of hydrogen-bond donors (Lipinski definition) is 1. The van der Waals surface area contributed by atoms with Crippen LogP contribution in [0.1, 0.15) is 41.4 Å². The van der Waals surface area contributed by atoms with Gasteiger partial charge in [0.25, 0.3) is 0 Å². The van der Waals surface area contributed by atoms with Gasteiger partial charge < -0.3 is 19.5 Å². The van der Waals surface area contributed by atoms with Crippen LogP contribution in [0.15, 0.2) is 48.5 Å². The fourth-order valence-corrected chi connectivity index (χ4v) is 6.29. The molecule has 8 heteroatoms. The molecule has 1 N–H and O–H groups in total. The molecule has 2 aliphatic heterocycles. The number of ketones is 1. The van der Waals surface area contributed by atoms with Crippen molar-refractivity contribution in [3.8, 4) is 5.75 Å². The van der Waals surface area contributed by atoms with Crippen molar-refractivity contribution in [3.63, 3.8) is 0 Å². The average Bonchev–Trinajstić information content (AvgIpc) is 3.24. The van der Waals surface area contributed by atoms with Gasteiger partial charge in [0.15, 0.2) is 5.78 Å². The van der Waals surface area contributed by atoms with Crippen molar-refractivity contribution >= 4 is 34.2 Å². The van der Waals surface area contributed by atoms with Crippen LogP contribution in [0.4, 0.5) is 0 Å². The zero-order chi connectivity index (χ0) is 25.5. The van der Waals surface area contributed by atoms with E-state index in [1.807, 2.05) is 48.3 Å². The normalized spacial score (nSPS) is 23.5. The van der Waals surface area contributed by atoms with Crippen molar-refractivity contribution in [2.45, 2.75) is 38.0 Å². The topological polar surface area (TPSA) is 66.8 Å². The number of carbonyl (C=O) groups excluding carboxylic acids is 2. The van der Waals surface area contributed by atoms with Crippen LogP contribution >= 0.6 is 11.6 Å². The second kappa shape index (κ2) is 10.1. The Bertz CT molecular complexity index is 1310. The summed E-state index contributed by atoms with van der Waals surface area (Å²) in [6.45, 7) is 4.46. The number of halogens is 1. The highest BCUT2D eigenvalue weighted by molar-refractivity contribution is 6.30. The number of benzene rings is 2. The van der Waals surface area contributed by atoms with Gasteiger partial charge in [0, 0.05) is 49.0 Å². The molecule has 1 unspecified atom stereocenters. The maximum Gasteiger partial charge on any atom is 0.236 e. The van der Waals surface area contributed by atoms with Gasteiger partial charge in [0.2, 0.25) is 5.91 Å². The molecule has 2 saturated heterocycles. The van der Waals surface area contributed by atoms with Gasteiger partial charge in [-0.25, -0.2) is 0 Å². The lowest BCUT2D eigenvalue weighted by atomic mass is 9.86. The largest absolute Gasteiger partial charge is 0.484 e. The number of carbonyl (C=O) groups is 2. The summed E-state index contributed by atoms with van der Waals surface area (Å²) in [6.07, 6.45) is 2.42. The Hall–Kier alpha value is -2.87.